The summed E-state index contributed by atoms with van der Waals surface area (Å²) in [5, 5.41) is 6.73. The molecule has 2 aromatic rings. The number of hydrogen-bond acceptors (Lipinski definition) is 4. The lowest BCUT2D eigenvalue weighted by molar-refractivity contribution is 0.632. The monoisotopic (exact) mass is 292 g/mol. The van der Waals surface area contributed by atoms with Crippen LogP contribution in [-0.2, 0) is 6.54 Å². The van der Waals surface area contributed by atoms with Gasteiger partial charge in [0.05, 0.1) is 0 Å². The average molecular weight is 293 g/mol. The number of nitrogens with one attached hydrogen (secondary N) is 2. The summed E-state index contributed by atoms with van der Waals surface area (Å²) in [6.45, 7) is 6.29. The highest BCUT2D eigenvalue weighted by atomic mass is 35.5. The van der Waals surface area contributed by atoms with E-state index in [1.54, 1.807) is 12.1 Å². The van der Waals surface area contributed by atoms with E-state index < -0.39 is 10.9 Å². The zero-order valence-electron chi connectivity index (χ0n) is 11.7. The van der Waals surface area contributed by atoms with Gasteiger partial charge in [-0.2, -0.15) is 0 Å². The molecular weight excluding hydrogens is 276 g/mol. The van der Waals surface area contributed by atoms with Crippen LogP contribution in [0.25, 0.3) is 0 Å². The summed E-state index contributed by atoms with van der Waals surface area (Å²) in [6, 6.07) is 7.32. The maximum Gasteiger partial charge on any atom is 0.253 e. The van der Waals surface area contributed by atoms with Gasteiger partial charge in [-0.25, -0.2) is 0 Å². The van der Waals surface area contributed by atoms with E-state index in [1.165, 1.54) is 0 Å². The number of hydrogen-bond donors (Lipinski definition) is 2. The lowest BCUT2D eigenvalue weighted by Gasteiger charge is -2.24. The minimum atomic E-state index is -0.467. The second-order valence-electron chi connectivity index (χ2n) is 5.76. The Bertz CT molecular complexity index is 677. The maximum atomic E-state index is 11.6. The minimum Gasteiger partial charge on any atom is -0.376 e. The average Bonchev–Trinajstić information content (AvgIpc) is 2.38. The Labute approximate surface area is 122 Å². The fourth-order valence-corrected chi connectivity index (χ4v) is 1.97. The summed E-state index contributed by atoms with van der Waals surface area (Å²) in [4.78, 5) is 23.2. The van der Waals surface area contributed by atoms with Crippen LogP contribution < -0.4 is 21.5 Å². The molecule has 0 aliphatic carbocycles. The molecule has 0 saturated carbocycles. The first-order valence-corrected chi connectivity index (χ1v) is 6.75. The normalized spacial score (nSPS) is 11.6. The molecule has 2 rings (SSSR count). The van der Waals surface area contributed by atoms with Crippen LogP contribution in [0.3, 0.4) is 0 Å². The van der Waals surface area contributed by atoms with Crippen LogP contribution in [0, 0.1) is 0 Å². The van der Waals surface area contributed by atoms with Crippen molar-refractivity contribution < 1.29 is 0 Å². The van der Waals surface area contributed by atoms with Crippen molar-refractivity contribution in [1.29, 1.82) is 0 Å². The summed E-state index contributed by atoms with van der Waals surface area (Å²) in [5.74, 6) is 0. The SMILES string of the molecule is CC(C)(C)Nc1c(NCc2ccc(Cl)cc2)c(=O)c1=O. The van der Waals surface area contributed by atoms with Crippen molar-refractivity contribution in [2.75, 3.05) is 10.6 Å². The molecule has 0 atom stereocenters. The van der Waals surface area contributed by atoms with Crippen LogP contribution in [-0.4, -0.2) is 5.54 Å². The Balaban J connectivity index is 2.11. The van der Waals surface area contributed by atoms with E-state index in [2.05, 4.69) is 10.6 Å². The predicted molar refractivity (Wildman–Crippen MR) is 83.5 cm³/mol. The molecule has 0 spiro atoms. The molecule has 2 N–H and O–H groups in total. The predicted octanol–water partition coefficient (Wildman–Crippen LogP) is 2.76. The highest BCUT2D eigenvalue weighted by Gasteiger charge is 2.24. The van der Waals surface area contributed by atoms with Gasteiger partial charge in [0.25, 0.3) is 10.9 Å². The zero-order chi connectivity index (χ0) is 14.9. The van der Waals surface area contributed by atoms with Crippen molar-refractivity contribution in [3.63, 3.8) is 0 Å². The largest absolute Gasteiger partial charge is 0.376 e. The molecule has 0 radical (unpaired) electrons. The van der Waals surface area contributed by atoms with Crippen LogP contribution in [0.2, 0.25) is 5.02 Å². The molecule has 4 nitrogen and oxygen atoms in total. The van der Waals surface area contributed by atoms with Gasteiger partial charge in [0.2, 0.25) is 0 Å². The molecule has 0 saturated heterocycles. The first-order valence-electron chi connectivity index (χ1n) is 6.38. The number of anilines is 2. The highest BCUT2D eigenvalue weighted by molar-refractivity contribution is 6.30. The molecule has 0 aromatic heterocycles. The van der Waals surface area contributed by atoms with Gasteiger partial charge in [-0.1, -0.05) is 23.7 Å². The Morgan fingerprint density at radius 3 is 2.10 bits per heavy atom. The molecule has 0 amide bonds. The van der Waals surface area contributed by atoms with Gasteiger partial charge in [-0.05, 0) is 38.5 Å². The molecular formula is C15H17ClN2O2. The van der Waals surface area contributed by atoms with Gasteiger partial charge in [0.15, 0.2) is 0 Å². The summed E-state index contributed by atoms with van der Waals surface area (Å²) in [5.41, 5.74) is 0.531. The molecule has 5 heteroatoms. The van der Waals surface area contributed by atoms with E-state index in [9.17, 15) is 9.59 Å². The van der Waals surface area contributed by atoms with Crippen molar-refractivity contribution in [1.82, 2.24) is 0 Å². The van der Waals surface area contributed by atoms with E-state index in [1.807, 2.05) is 32.9 Å². The van der Waals surface area contributed by atoms with E-state index in [0.29, 0.717) is 22.9 Å². The van der Waals surface area contributed by atoms with E-state index in [-0.39, 0.29) is 5.54 Å². The molecule has 0 aliphatic heterocycles. The Kier molecular flexibility index (Phi) is 3.86. The van der Waals surface area contributed by atoms with Gasteiger partial charge in [0.1, 0.15) is 11.4 Å². The standard InChI is InChI=1S/C15H17ClN2O2/c1-15(2,3)18-12-11(13(19)14(12)20)17-8-9-4-6-10(16)7-5-9/h4-7,17-18H,8H2,1-3H3. The second kappa shape index (κ2) is 5.29. The lowest BCUT2D eigenvalue weighted by Crippen LogP contribution is -2.41. The molecule has 0 unspecified atom stereocenters. The number of rotatable bonds is 4. The van der Waals surface area contributed by atoms with Crippen LogP contribution >= 0.6 is 11.6 Å². The van der Waals surface area contributed by atoms with Gasteiger partial charge in [-0.3, -0.25) is 9.59 Å². The van der Waals surface area contributed by atoms with Crippen molar-refractivity contribution in [2.24, 2.45) is 0 Å². The molecule has 106 valence electrons. The van der Waals surface area contributed by atoms with Crippen molar-refractivity contribution in [3.8, 4) is 0 Å². The fraction of sp³-hybridized carbons (Fsp3) is 0.333. The number of benzene rings is 1. The molecule has 0 heterocycles. The van der Waals surface area contributed by atoms with Crippen LogP contribution in [0.1, 0.15) is 26.3 Å². The van der Waals surface area contributed by atoms with Crippen LogP contribution in [0.15, 0.2) is 33.9 Å². The highest BCUT2D eigenvalue weighted by Crippen LogP contribution is 2.20. The fourth-order valence-electron chi connectivity index (χ4n) is 1.85. The summed E-state index contributed by atoms with van der Waals surface area (Å²) >= 11 is 5.81. The van der Waals surface area contributed by atoms with E-state index in [4.69, 9.17) is 11.6 Å². The van der Waals surface area contributed by atoms with Crippen molar-refractivity contribution in [2.45, 2.75) is 32.9 Å². The Morgan fingerprint density at radius 1 is 1.00 bits per heavy atom. The second-order valence-corrected chi connectivity index (χ2v) is 6.20. The third-order valence-electron chi connectivity index (χ3n) is 2.79. The van der Waals surface area contributed by atoms with Gasteiger partial charge >= 0.3 is 0 Å². The third-order valence-corrected chi connectivity index (χ3v) is 3.04. The molecule has 0 fully saturated rings. The summed E-state index contributed by atoms with van der Waals surface area (Å²) in [7, 11) is 0. The number of halogens is 1. The van der Waals surface area contributed by atoms with E-state index in [0.717, 1.165) is 5.56 Å². The quantitative estimate of drug-likeness (QED) is 0.851. The summed E-state index contributed by atoms with van der Waals surface area (Å²) in [6.07, 6.45) is 0. The molecule has 2 aromatic carbocycles. The smallest absolute Gasteiger partial charge is 0.253 e. The first-order chi connectivity index (χ1) is 9.28. The summed E-state index contributed by atoms with van der Waals surface area (Å²) < 4.78 is 0. The molecule has 20 heavy (non-hydrogen) atoms. The van der Waals surface area contributed by atoms with Gasteiger partial charge in [0, 0.05) is 17.1 Å². The van der Waals surface area contributed by atoms with Crippen molar-refractivity contribution in [3.05, 3.63) is 55.3 Å². The lowest BCUT2D eigenvalue weighted by atomic mass is 10.1. The van der Waals surface area contributed by atoms with E-state index >= 15 is 0 Å². The molecule has 0 aliphatic rings. The topological polar surface area (TPSA) is 58.2 Å². The Morgan fingerprint density at radius 2 is 1.55 bits per heavy atom. The first kappa shape index (κ1) is 14.6. The maximum absolute atomic E-state index is 11.6. The van der Waals surface area contributed by atoms with Crippen molar-refractivity contribution >= 4 is 23.0 Å². The van der Waals surface area contributed by atoms with Crippen LogP contribution in [0.5, 0.6) is 0 Å². The van der Waals surface area contributed by atoms with Gasteiger partial charge < -0.3 is 10.6 Å². The minimum absolute atomic E-state index is 0.265. The Hall–Kier alpha value is -1.81. The zero-order valence-corrected chi connectivity index (χ0v) is 12.5. The van der Waals surface area contributed by atoms with Gasteiger partial charge in [-0.15, -0.1) is 0 Å². The third kappa shape index (κ3) is 3.20. The van der Waals surface area contributed by atoms with Crippen LogP contribution in [0.4, 0.5) is 11.4 Å². The molecule has 0 bridgehead atoms.